The van der Waals surface area contributed by atoms with Crippen molar-refractivity contribution in [3.05, 3.63) is 24.3 Å². The number of allylic oxidation sites excluding steroid dienone is 3. The molecule has 2 nitrogen and oxygen atoms in total. The Kier molecular flexibility index (Phi) is 8.31. The highest BCUT2D eigenvalue weighted by Crippen LogP contribution is 1.93. The zero-order valence-corrected chi connectivity index (χ0v) is 8.45. The lowest BCUT2D eigenvalue weighted by molar-refractivity contribution is -0.143. The minimum atomic E-state index is -0.0954. The van der Waals surface area contributed by atoms with Gasteiger partial charge >= 0.3 is 5.97 Å². The molecule has 0 aromatic carbocycles. The molecule has 0 unspecified atom stereocenters. The van der Waals surface area contributed by atoms with Crippen LogP contribution in [0.1, 0.15) is 33.1 Å². The van der Waals surface area contributed by atoms with Crippen molar-refractivity contribution in [1.29, 1.82) is 0 Å². The van der Waals surface area contributed by atoms with E-state index in [2.05, 4.69) is 0 Å². The first kappa shape index (κ1) is 11.9. The van der Waals surface area contributed by atoms with Gasteiger partial charge in [-0.1, -0.05) is 31.2 Å². The number of carbonyl (C=O) groups excluding carboxylic acids is 1. The summed E-state index contributed by atoms with van der Waals surface area (Å²) in [5.41, 5.74) is 0. The molecule has 74 valence electrons. The molecule has 0 atom stereocenters. The van der Waals surface area contributed by atoms with E-state index in [-0.39, 0.29) is 5.97 Å². The minimum absolute atomic E-state index is 0.0954. The van der Waals surface area contributed by atoms with Gasteiger partial charge in [-0.15, -0.1) is 0 Å². The van der Waals surface area contributed by atoms with Gasteiger partial charge in [-0.3, -0.25) is 4.79 Å². The van der Waals surface area contributed by atoms with Crippen LogP contribution in [0.4, 0.5) is 0 Å². The lowest BCUT2D eigenvalue weighted by Gasteiger charge is -1.99. The Balaban J connectivity index is 3.29. The molecule has 0 bridgehead atoms. The predicted octanol–water partition coefficient (Wildman–Crippen LogP) is 2.85. The summed E-state index contributed by atoms with van der Waals surface area (Å²) in [5, 5.41) is 0. The van der Waals surface area contributed by atoms with Crippen LogP contribution in [-0.2, 0) is 9.53 Å². The predicted molar refractivity (Wildman–Crippen MR) is 54.4 cm³/mol. The molecule has 13 heavy (non-hydrogen) atoms. The third kappa shape index (κ3) is 8.86. The molecule has 0 saturated carbocycles. The van der Waals surface area contributed by atoms with Crippen LogP contribution in [0.25, 0.3) is 0 Å². The van der Waals surface area contributed by atoms with E-state index in [1.807, 2.05) is 38.2 Å². The molecule has 0 heterocycles. The van der Waals surface area contributed by atoms with Gasteiger partial charge in [0.15, 0.2) is 0 Å². The fourth-order valence-corrected chi connectivity index (χ4v) is 0.803. The molecule has 0 amide bonds. The number of carbonyl (C=O) groups is 1. The van der Waals surface area contributed by atoms with Crippen molar-refractivity contribution in [2.24, 2.45) is 0 Å². The number of rotatable bonds is 6. The Bertz CT molecular complexity index is 181. The van der Waals surface area contributed by atoms with Crippen molar-refractivity contribution >= 4 is 5.97 Å². The first-order chi connectivity index (χ1) is 6.31. The number of esters is 1. The molecule has 0 aliphatic rings. The van der Waals surface area contributed by atoms with Gasteiger partial charge in [0.1, 0.15) is 0 Å². The van der Waals surface area contributed by atoms with Gasteiger partial charge in [-0.2, -0.15) is 0 Å². The van der Waals surface area contributed by atoms with Crippen LogP contribution in [-0.4, -0.2) is 12.6 Å². The Morgan fingerprint density at radius 1 is 1.38 bits per heavy atom. The second-order valence-electron chi connectivity index (χ2n) is 2.71. The molecular formula is C11H18O2. The molecular weight excluding hydrogens is 164 g/mol. The van der Waals surface area contributed by atoms with Crippen LogP contribution in [0.15, 0.2) is 24.3 Å². The second kappa shape index (κ2) is 9.04. The lowest BCUT2D eigenvalue weighted by Crippen LogP contribution is -2.04. The number of hydrogen-bond donors (Lipinski definition) is 0. The normalized spacial score (nSPS) is 11.2. The monoisotopic (exact) mass is 182 g/mol. The van der Waals surface area contributed by atoms with Crippen LogP contribution >= 0.6 is 0 Å². The van der Waals surface area contributed by atoms with E-state index in [9.17, 15) is 4.79 Å². The van der Waals surface area contributed by atoms with Crippen molar-refractivity contribution in [3.8, 4) is 0 Å². The van der Waals surface area contributed by atoms with Crippen molar-refractivity contribution in [1.82, 2.24) is 0 Å². The number of hydrogen-bond acceptors (Lipinski definition) is 2. The van der Waals surface area contributed by atoms with E-state index >= 15 is 0 Å². The van der Waals surface area contributed by atoms with Crippen LogP contribution in [0.2, 0.25) is 0 Å². The quantitative estimate of drug-likeness (QED) is 0.358. The Labute approximate surface area is 80.3 Å². The average Bonchev–Trinajstić information content (AvgIpc) is 2.11. The van der Waals surface area contributed by atoms with Gasteiger partial charge in [0, 0.05) is 6.42 Å². The van der Waals surface area contributed by atoms with Gasteiger partial charge in [-0.25, -0.2) is 0 Å². The molecule has 2 heteroatoms. The first-order valence-electron chi connectivity index (χ1n) is 4.74. The summed E-state index contributed by atoms with van der Waals surface area (Å²) in [6.07, 6.45) is 10.0. The molecule has 0 aliphatic heterocycles. The van der Waals surface area contributed by atoms with Gasteiger partial charge in [0.05, 0.1) is 6.61 Å². The van der Waals surface area contributed by atoms with Gasteiger partial charge < -0.3 is 4.74 Å². The third-order valence-corrected chi connectivity index (χ3v) is 1.44. The Hall–Kier alpha value is -1.05. The molecule has 0 aromatic heterocycles. The maximum atomic E-state index is 10.9. The van der Waals surface area contributed by atoms with Gasteiger partial charge in [-0.05, 0) is 19.8 Å². The average molecular weight is 182 g/mol. The third-order valence-electron chi connectivity index (χ3n) is 1.44. The molecule has 0 aromatic rings. The minimum Gasteiger partial charge on any atom is -0.465 e. The van der Waals surface area contributed by atoms with Crippen LogP contribution in [0.5, 0.6) is 0 Å². The highest BCUT2D eigenvalue weighted by Gasteiger charge is 1.97. The van der Waals surface area contributed by atoms with E-state index in [0.717, 1.165) is 12.8 Å². The molecule has 0 rings (SSSR count). The summed E-state index contributed by atoms with van der Waals surface area (Å²) in [4.78, 5) is 10.9. The SMILES string of the molecule is C/C=C/C=C\CCOC(=O)CCC. The molecule has 0 radical (unpaired) electrons. The van der Waals surface area contributed by atoms with Crippen LogP contribution < -0.4 is 0 Å². The van der Waals surface area contributed by atoms with E-state index in [1.165, 1.54) is 0 Å². The fraction of sp³-hybridized carbons (Fsp3) is 0.545. The van der Waals surface area contributed by atoms with Crippen molar-refractivity contribution in [2.75, 3.05) is 6.61 Å². The molecule has 0 spiro atoms. The Morgan fingerprint density at radius 2 is 2.15 bits per heavy atom. The van der Waals surface area contributed by atoms with Crippen LogP contribution in [0.3, 0.4) is 0 Å². The highest BCUT2D eigenvalue weighted by molar-refractivity contribution is 5.69. The van der Waals surface area contributed by atoms with E-state index in [0.29, 0.717) is 13.0 Å². The highest BCUT2D eigenvalue weighted by atomic mass is 16.5. The van der Waals surface area contributed by atoms with Crippen molar-refractivity contribution in [2.45, 2.75) is 33.1 Å². The molecule has 0 saturated heterocycles. The summed E-state index contributed by atoms with van der Waals surface area (Å²) >= 11 is 0. The van der Waals surface area contributed by atoms with E-state index in [1.54, 1.807) is 0 Å². The smallest absolute Gasteiger partial charge is 0.305 e. The summed E-state index contributed by atoms with van der Waals surface area (Å²) in [5.74, 6) is -0.0954. The standard InChI is InChI=1S/C11H18O2/c1-3-5-6-7-8-10-13-11(12)9-4-2/h3,5-7H,4,8-10H2,1-2H3/b5-3+,7-6-. The fourth-order valence-electron chi connectivity index (χ4n) is 0.803. The van der Waals surface area contributed by atoms with E-state index in [4.69, 9.17) is 4.74 Å². The molecule has 0 fully saturated rings. The lowest BCUT2D eigenvalue weighted by atomic mass is 10.3. The summed E-state index contributed by atoms with van der Waals surface area (Å²) in [6.45, 7) is 4.42. The first-order valence-corrected chi connectivity index (χ1v) is 4.74. The molecule has 0 N–H and O–H groups in total. The van der Waals surface area contributed by atoms with Crippen molar-refractivity contribution < 1.29 is 9.53 Å². The largest absolute Gasteiger partial charge is 0.465 e. The maximum absolute atomic E-state index is 10.9. The van der Waals surface area contributed by atoms with Crippen LogP contribution in [0, 0.1) is 0 Å². The zero-order chi connectivity index (χ0) is 9.94. The Morgan fingerprint density at radius 3 is 2.77 bits per heavy atom. The zero-order valence-electron chi connectivity index (χ0n) is 8.45. The topological polar surface area (TPSA) is 26.3 Å². The van der Waals surface area contributed by atoms with Crippen molar-refractivity contribution in [3.63, 3.8) is 0 Å². The summed E-state index contributed by atoms with van der Waals surface area (Å²) in [6, 6.07) is 0. The summed E-state index contributed by atoms with van der Waals surface area (Å²) < 4.78 is 4.95. The second-order valence-corrected chi connectivity index (χ2v) is 2.71. The summed E-state index contributed by atoms with van der Waals surface area (Å²) in [7, 11) is 0. The number of ether oxygens (including phenoxy) is 1. The van der Waals surface area contributed by atoms with Gasteiger partial charge in [0.2, 0.25) is 0 Å². The van der Waals surface area contributed by atoms with Gasteiger partial charge in [0.25, 0.3) is 0 Å². The molecule has 0 aliphatic carbocycles. The van der Waals surface area contributed by atoms with E-state index < -0.39 is 0 Å². The maximum Gasteiger partial charge on any atom is 0.305 e.